The summed E-state index contributed by atoms with van der Waals surface area (Å²) in [4.78, 5) is 29.2. The minimum atomic E-state index is -4.35. The molecule has 4 rings (SSSR count). The van der Waals surface area contributed by atoms with E-state index in [2.05, 4.69) is 18.6 Å². The first-order valence-corrected chi connectivity index (χ1v) is 15.5. The highest BCUT2D eigenvalue weighted by Crippen LogP contribution is 2.30. The van der Waals surface area contributed by atoms with Gasteiger partial charge in [-0.1, -0.05) is 80.6 Å². The highest BCUT2D eigenvalue weighted by molar-refractivity contribution is 7.90. The third kappa shape index (κ3) is 7.44. The predicted octanol–water partition coefficient (Wildman–Crippen LogP) is 5.85. The molecule has 0 aliphatic carbocycles. The second-order valence-corrected chi connectivity index (χ2v) is 12.3. The standard InChI is InChI=1S/C34H37N3O4S/c1-4-37(29-13-9-6-10-14-29)34(39)31(22-25-15-18-28(35)19-16-25)33(38)36-42(40,41)32-20-17-26(21-24(2)3)23-30(32)27-11-7-5-8-12-27/h5-20,23-24,31H,4,21-22,35H2,1-3H3,(H,36,38). The molecule has 0 saturated heterocycles. The van der Waals surface area contributed by atoms with Gasteiger partial charge in [-0.2, -0.15) is 0 Å². The Hall–Kier alpha value is -4.43. The second-order valence-electron chi connectivity index (χ2n) is 10.7. The molecule has 0 radical (unpaired) electrons. The van der Waals surface area contributed by atoms with Crippen LogP contribution in [0.3, 0.4) is 0 Å². The number of anilines is 2. The van der Waals surface area contributed by atoms with E-state index in [0.29, 0.717) is 40.5 Å². The van der Waals surface area contributed by atoms with E-state index in [9.17, 15) is 18.0 Å². The fourth-order valence-corrected chi connectivity index (χ4v) is 6.19. The van der Waals surface area contributed by atoms with Crippen molar-refractivity contribution in [2.45, 2.75) is 38.5 Å². The first-order chi connectivity index (χ1) is 20.1. The highest BCUT2D eigenvalue weighted by Gasteiger charge is 2.34. The molecule has 4 aromatic carbocycles. The van der Waals surface area contributed by atoms with Crippen LogP contribution in [0.4, 0.5) is 11.4 Å². The maximum atomic E-state index is 13.9. The predicted molar refractivity (Wildman–Crippen MR) is 168 cm³/mol. The number of carbonyl (C=O) groups excluding carboxylic acids is 2. The summed E-state index contributed by atoms with van der Waals surface area (Å²) >= 11 is 0. The average molecular weight is 584 g/mol. The van der Waals surface area contributed by atoms with Crippen LogP contribution in [0.15, 0.2) is 108 Å². The molecule has 1 atom stereocenters. The molecule has 4 aromatic rings. The summed E-state index contributed by atoms with van der Waals surface area (Å²) in [6.45, 7) is 6.31. The molecule has 0 aromatic heterocycles. The maximum absolute atomic E-state index is 13.9. The van der Waals surface area contributed by atoms with E-state index in [-0.39, 0.29) is 11.3 Å². The van der Waals surface area contributed by atoms with Crippen LogP contribution in [-0.4, -0.2) is 26.8 Å². The van der Waals surface area contributed by atoms with Gasteiger partial charge in [0.05, 0.1) is 4.90 Å². The molecule has 218 valence electrons. The first-order valence-electron chi connectivity index (χ1n) is 14.0. The van der Waals surface area contributed by atoms with Crippen molar-refractivity contribution >= 4 is 33.2 Å². The van der Waals surface area contributed by atoms with E-state index in [0.717, 1.165) is 12.0 Å². The van der Waals surface area contributed by atoms with Crippen molar-refractivity contribution in [1.82, 2.24) is 4.72 Å². The van der Waals surface area contributed by atoms with Crippen molar-refractivity contribution in [3.05, 3.63) is 114 Å². The van der Waals surface area contributed by atoms with Crippen LogP contribution in [0.25, 0.3) is 11.1 Å². The molecule has 42 heavy (non-hydrogen) atoms. The van der Waals surface area contributed by atoms with Gasteiger partial charge in [-0.05, 0) is 78.8 Å². The van der Waals surface area contributed by atoms with Crippen molar-refractivity contribution in [3.63, 3.8) is 0 Å². The quantitative estimate of drug-likeness (QED) is 0.170. The molecule has 0 bridgehead atoms. The topological polar surface area (TPSA) is 110 Å². The fourth-order valence-electron chi connectivity index (χ4n) is 4.95. The highest BCUT2D eigenvalue weighted by atomic mass is 32.2. The molecule has 0 fully saturated rings. The van der Waals surface area contributed by atoms with Crippen molar-refractivity contribution in [2.24, 2.45) is 11.8 Å². The van der Waals surface area contributed by atoms with Gasteiger partial charge in [0.2, 0.25) is 11.8 Å². The Morgan fingerprint density at radius 2 is 1.40 bits per heavy atom. The Morgan fingerprint density at radius 1 is 0.810 bits per heavy atom. The smallest absolute Gasteiger partial charge is 0.264 e. The number of nitrogen functional groups attached to an aromatic ring is 1. The van der Waals surface area contributed by atoms with Gasteiger partial charge in [0.25, 0.3) is 10.0 Å². The first kappa shape index (κ1) is 30.5. The molecule has 0 heterocycles. The minimum Gasteiger partial charge on any atom is -0.399 e. The van der Waals surface area contributed by atoms with Gasteiger partial charge in [0.1, 0.15) is 5.92 Å². The monoisotopic (exact) mass is 583 g/mol. The van der Waals surface area contributed by atoms with Crippen LogP contribution in [0.1, 0.15) is 31.9 Å². The summed E-state index contributed by atoms with van der Waals surface area (Å²) in [6, 6.07) is 30.2. The van der Waals surface area contributed by atoms with Gasteiger partial charge in [-0.3, -0.25) is 9.59 Å². The summed E-state index contributed by atoms with van der Waals surface area (Å²) in [5.41, 5.74) is 9.89. The molecule has 2 amide bonds. The van der Waals surface area contributed by atoms with Crippen LogP contribution >= 0.6 is 0 Å². The van der Waals surface area contributed by atoms with Crippen molar-refractivity contribution in [3.8, 4) is 11.1 Å². The Balaban J connectivity index is 1.72. The number of rotatable bonds is 11. The lowest BCUT2D eigenvalue weighted by molar-refractivity contribution is -0.132. The van der Waals surface area contributed by atoms with Crippen LogP contribution in [0.2, 0.25) is 0 Å². The van der Waals surface area contributed by atoms with Gasteiger partial charge >= 0.3 is 0 Å². The number of sulfonamides is 1. The zero-order valence-electron chi connectivity index (χ0n) is 24.2. The van der Waals surface area contributed by atoms with Crippen LogP contribution in [0, 0.1) is 11.8 Å². The third-order valence-electron chi connectivity index (χ3n) is 6.98. The number of nitrogens with zero attached hydrogens (tertiary/aromatic N) is 1. The van der Waals surface area contributed by atoms with E-state index in [1.165, 1.54) is 11.0 Å². The van der Waals surface area contributed by atoms with Gasteiger partial charge in [0.15, 0.2) is 0 Å². The molecule has 1 unspecified atom stereocenters. The van der Waals surface area contributed by atoms with Crippen LogP contribution in [-0.2, 0) is 32.5 Å². The van der Waals surface area contributed by atoms with E-state index in [4.69, 9.17) is 5.73 Å². The lowest BCUT2D eigenvalue weighted by atomic mass is 9.96. The SMILES string of the molecule is CCN(C(=O)C(Cc1ccc(N)cc1)C(=O)NS(=O)(=O)c1ccc(CC(C)C)cc1-c1ccccc1)c1ccccc1. The third-order valence-corrected chi connectivity index (χ3v) is 8.39. The van der Waals surface area contributed by atoms with E-state index in [1.807, 2.05) is 49.4 Å². The summed E-state index contributed by atoms with van der Waals surface area (Å²) in [7, 11) is -4.35. The largest absolute Gasteiger partial charge is 0.399 e. The molecule has 3 N–H and O–H groups in total. The van der Waals surface area contributed by atoms with Gasteiger partial charge in [-0.25, -0.2) is 13.1 Å². The second kappa shape index (κ2) is 13.5. The minimum absolute atomic E-state index is 0.00265. The lowest BCUT2D eigenvalue weighted by Gasteiger charge is -2.26. The molecule has 0 aliphatic heterocycles. The lowest BCUT2D eigenvalue weighted by Crippen LogP contribution is -2.46. The fraction of sp³-hybridized carbons (Fsp3) is 0.235. The van der Waals surface area contributed by atoms with E-state index >= 15 is 0 Å². The Labute approximate surface area is 248 Å². The molecule has 8 heteroatoms. The summed E-state index contributed by atoms with van der Waals surface area (Å²) in [6.07, 6.45) is 0.777. The van der Waals surface area contributed by atoms with Gasteiger partial charge in [0, 0.05) is 23.5 Å². The number of para-hydroxylation sites is 1. The van der Waals surface area contributed by atoms with Crippen molar-refractivity contribution in [1.29, 1.82) is 0 Å². The van der Waals surface area contributed by atoms with Crippen molar-refractivity contribution < 1.29 is 18.0 Å². The van der Waals surface area contributed by atoms with Gasteiger partial charge in [-0.15, -0.1) is 0 Å². The molecule has 7 nitrogen and oxygen atoms in total. The zero-order valence-corrected chi connectivity index (χ0v) is 25.0. The normalized spacial score (nSPS) is 12.1. The molecule has 0 spiro atoms. The number of carbonyl (C=O) groups is 2. The molecule has 0 aliphatic rings. The average Bonchev–Trinajstić information content (AvgIpc) is 2.97. The van der Waals surface area contributed by atoms with E-state index in [1.54, 1.807) is 54.6 Å². The number of nitrogens with two attached hydrogens (primary N) is 1. The summed E-state index contributed by atoms with van der Waals surface area (Å²) < 4.78 is 29.9. The molecule has 0 saturated carbocycles. The van der Waals surface area contributed by atoms with Crippen molar-refractivity contribution in [2.75, 3.05) is 17.2 Å². The number of amides is 2. The molecular weight excluding hydrogens is 546 g/mol. The van der Waals surface area contributed by atoms with Crippen LogP contribution < -0.4 is 15.4 Å². The number of hydrogen-bond acceptors (Lipinski definition) is 5. The number of benzene rings is 4. The Kier molecular flexibility index (Phi) is 9.80. The Morgan fingerprint density at radius 3 is 2.00 bits per heavy atom. The number of nitrogens with one attached hydrogen (secondary N) is 1. The maximum Gasteiger partial charge on any atom is 0.264 e. The van der Waals surface area contributed by atoms with Crippen LogP contribution in [0.5, 0.6) is 0 Å². The summed E-state index contributed by atoms with van der Waals surface area (Å²) in [5.74, 6) is -2.31. The Bertz CT molecular complexity index is 1620. The summed E-state index contributed by atoms with van der Waals surface area (Å²) in [5, 5.41) is 0. The van der Waals surface area contributed by atoms with E-state index < -0.39 is 27.8 Å². The molecular formula is C34H37N3O4S. The zero-order chi connectivity index (χ0) is 30.3. The van der Waals surface area contributed by atoms with Gasteiger partial charge < -0.3 is 10.6 Å². The number of hydrogen-bond donors (Lipinski definition) is 2.